The molecule has 0 amide bonds. The van der Waals surface area contributed by atoms with Gasteiger partial charge < -0.3 is 15.2 Å². The molecule has 1 fully saturated rings. The Kier molecular flexibility index (Phi) is 7.58. The number of nitrogens with one attached hydrogen (secondary N) is 1. The molecule has 1 aromatic heterocycles. The van der Waals surface area contributed by atoms with Gasteiger partial charge in [-0.1, -0.05) is 67.4 Å². The Morgan fingerprint density at radius 2 is 1.95 bits per heavy atom. The number of anilines is 1. The number of carboxylic acids is 1. The Morgan fingerprint density at radius 3 is 2.73 bits per heavy atom. The fourth-order valence-corrected chi connectivity index (χ4v) is 7.67. The van der Waals surface area contributed by atoms with Gasteiger partial charge in [0.25, 0.3) is 0 Å². The van der Waals surface area contributed by atoms with Crippen LogP contribution >= 0.6 is 11.6 Å². The van der Waals surface area contributed by atoms with Crippen molar-refractivity contribution in [1.29, 1.82) is 0 Å². The van der Waals surface area contributed by atoms with E-state index in [1.807, 2.05) is 24.4 Å². The molecule has 2 atom stereocenters. The number of halogens is 1. The summed E-state index contributed by atoms with van der Waals surface area (Å²) in [7, 11) is 0. The zero-order chi connectivity index (χ0) is 28.6. The van der Waals surface area contributed by atoms with E-state index in [9.17, 15) is 9.90 Å². The number of fused-ring (bicyclic) bond motifs is 3. The lowest BCUT2D eigenvalue weighted by Crippen LogP contribution is -2.52. The predicted molar refractivity (Wildman–Crippen MR) is 165 cm³/mol. The first kappa shape index (κ1) is 27.8. The second-order valence-electron chi connectivity index (χ2n) is 12.4. The molecule has 2 N–H and O–H groups in total. The van der Waals surface area contributed by atoms with Crippen LogP contribution in [0.2, 0.25) is 5.02 Å². The summed E-state index contributed by atoms with van der Waals surface area (Å²) < 4.78 is 6.47. The fraction of sp³-hybridized carbons (Fsp3) is 0.429. The number of rotatable bonds is 8. The topological polar surface area (TPSA) is 71.5 Å². The monoisotopic (exact) mass is 570 g/mol. The molecule has 0 unspecified atom stereocenters. The minimum absolute atomic E-state index is 0.149. The first-order chi connectivity index (χ1) is 19.8. The van der Waals surface area contributed by atoms with Crippen LogP contribution in [0.25, 0.3) is 6.08 Å². The maximum Gasteiger partial charge on any atom is 0.329 e. The van der Waals surface area contributed by atoms with Crippen LogP contribution in [0.4, 0.5) is 5.69 Å². The van der Waals surface area contributed by atoms with Crippen molar-refractivity contribution < 1.29 is 14.6 Å². The SMILES string of the molecule is C[C@@H](COc1ccnc2c1[C@@H](C)CCC2)CC1=Cc2ccccc2C12CCC(Nc1cccc(Cl)c1)(C(=O)O)CC2. The van der Waals surface area contributed by atoms with Crippen LogP contribution in [0.15, 0.2) is 66.4 Å². The first-order valence-electron chi connectivity index (χ1n) is 15.0. The molecule has 2 aromatic carbocycles. The summed E-state index contributed by atoms with van der Waals surface area (Å²) in [6.45, 7) is 5.18. The third kappa shape index (κ3) is 5.25. The van der Waals surface area contributed by atoms with Crippen LogP contribution in [0.3, 0.4) is 0 Å². The highest BCUT2D eigenvalue weighted by Crippen LogP contribution is 2.55. The summed E-state index contributed by atoms with van der Waals surface area (Å²) >= 11 is 6.21. The second-order valence-corrected chi connectivity index (χ2v) is 12.9. The molecule has 0 radical (unpaired) electrons. The summed E-state index contributed by atoms with van der Waals surface area (Å²) in [5.74, 6) is 0.973. The van der Waals surface area contributed by atoms with Crippen LogP contribution in [-0.2, 0) is 16.6 Å². The van der Waals surface area contributed by atoms with Crippen LogP contribution in [-0.4, -0.2) is 28.2 Å². The standard InChI is InChI=1S/C35H39ClN2O3/c1-23(22-41-31-13-18-37-30-12-5-7-24(2)32(30)31)19-26-20-25-8-3-4-11-29(25)34(26)14-16-35(17-15-34,33(39)40)38-28-10-6-9-27(36)21-28/h3-4,6,8-11,13,18,20-21,23-24,38H,5,7,12,14-17,19,22H2,1-2H3,(H,39,40)/t23-,24+,34?,35?/m1/s1. The second kappa shape index (κ2) is 11.2. The molecule has 6 heteroatoms. The van der Waals surface area contributed by atoms with Gasteiger partial charge >= 0.3 is 5.97 Å². The van der Waals surface area contributed by atoms with Gasteiger partial charge in [0.2, 0.25) is 0 Å². The Hall–Kier alpha value is -3.31. The number of ether oxygens (including phenoxy) is 1. The van der Waals surface area contributed by atoms with Gasteiger partial charge in [-0.05, 0) is 98.6 Å². The molecule has 3 aliphatic rings. The van der Waals surface area contributed by atoms with Crippen molar-refractivity contribution in [2.75, 3.05) is 11.9 Å². The zero-order valence-electron chi connectivity index (χ0n) is 24.0. The molecule has 3 aromatic rings. The smallest absolute Gasteiger partial charge is 0.329 e. The molecule has 0 aliphatic heterocycles. The number of pyridine rings is 1. The number of aryl methyl sites for hydroxylation is 1. The van der Waals surface area contributed by atoms with E-state index >= 15 is 0 Å². The maximum atomic E-state index is 12.7. The van der Waals surface area contributed by atoms with Gasteiger partial charge in [-0.25, -0.2) is 4.79 Å². The molecular formula is C35H39ClN2O3. The molecule has 41 heavy (non-hydrogen) atoms. The minimum Gasteiger partial charge on any atom is -0.493 e. The van der Waals surface area contributed by atoms with Crippen molar-refractivity contribution in [3.63, 3.8) is 0 Å². The van der Waals surface area contributed by atoms with Gasteiger partial charge in [0, 0.05) is 33.6 Å². The summed E-state index contributed by atoms with van der Waals surface area (Å²) in [6, 6.07) is 18.0. The predicted octanol–water partition coefficient (Wildman–Crippen LogP) is 8.42. The summed E-state index contributed by atoms with van der Waals surface area (Å²) in [5.41, 5.74) is 6.06. The van der Waals surface area contributed by atoms with Gasteiger partial charge in [0.1, 0.15) is 11.3 Å². The van der Waals surface area contributed by atoms with Gasteiger partial charge in [-0.15, -0.1) is 0 Å². The third-order valence-electron chi connectivity index (χ3n) is 9.66. The number of hydrogen-bond acceptors (Lipinski definition) is 4. The Labute approximate surface area is 248 Å². The van der Waals surface area contributed by atoms with Crippen molar-refractivity contribution in [2.24, 2.45) is 5.92 Å². The summed E-state index contributed by atoms with van der Waals surface area (Å²) in [4.78, 5) is 17.3. The lowest BCUT2D eigenvalue weighted by atomic mass is 9.61. The van der Waals surface area contributed by atoms with Crippen molar-refractivity contribution in [3.05, 3.63) is 93.8 Å². The van der Waals surface area contributed by atoms with Crippen LogP contribution in [0.1, 0.15) is 87.1 Å². The van der Waals surface area contributed by atoms with Crippen molar-refractivity contribution in [3.8, 4) is 5.75 Å². The highest BCUT2D eigenvalue weighted by atomic mass is 35.5. The summed E-state index contributed by atoms with van der Waals surface area (Å²) in [6.07, 6.45) is 11.2. The maximum absolute atomic E-state index is 12.7. The van der Waals surface area contributed by atoms with Gasteiger partial charge in [0.05, 0.1) is 6.61 Å². The van der Waals surface area contributed by atoms with Gasteiger partial charge in [0.15, 0.2) is 0 Å². The van der Waals surface area contributed by atoms with Crippen molar-refractivity contribution in [1.82, 2.24) is 4.98 Å². The molecule has 5 nitrogen and oxygen atoms in total. The highest BCUT2D eigenvalue weighted by molar-refractivity contribution is 6.30. The lowest BCUT2D eigenvalue weighted by molar-refractivity contribution is -0.143. The van der Waals surface area contributed by atoms with E-state index in [-0.39, 0.29) is 5.41 Å². The first-order valence-corrected chi connectivity index (χ1v) is 15.4. The molecule has 1 saturated carbocycles. The Morgan fingerprint density at radius 1 is 1.15 bits per heavy atom. The van der Waals surface area contributed by atoms with Gasteiger partial charge in [-0.3, -0.25) is 4.98 Å². The molecule has 0 bridgehead atoms. The Bertz CT molecular complexity index is 1470. The fourth-order valence-electron chi connectivity index (χ4n) is 7.48. The van der Waals surface area contributed by atoms with E-state index in [2.05, 4.69) is 54.5 Å². The number of carboxylic acid groups (broad SMARTS) is 1. The minimum atomic E-state index is -1.02. The number of nitrogens with zero attached hydrogens (tertiary/aromatic N) is 1. The molecule has 6 rings (SSSR count). The van der Waals surface area contributed by atoms with Crippen molar-refractivity contribution in [2.45, 2.75) is 82.1 Å². The molecule has 214 valence electrons. The van der Waals surface area contributed by atoms with E-state index < -0.39 is 11.5 Å². The largest absolute Gasteiger partial charge is 0.493 e. The van der Waals surface area contributed by atoms with E-state index in [1.165, 1.54) is 40.8 Å². The molecular weight excluding hydrogens is 532 g/mol. The number of aromatic nitrogens is 1. The highest BCUT2D eigenvalue weighted by Gasteiger charge is 2.51. The number of aliphatic carboxylic acids is 1. The lowest BCUT2D eigenvalue weighted by Gasteiger charge is -2.46. The number of benzene rings is 2. The van der Waals surface area contributed by atoms with E-state index in [4.69, 9.17) is 16.3 Å². The average Bonchev–Trinajstić information content (AvgIpc) is 3.25. The summed E-state index contributed by atoms with van der Waals surface area (Å²) in [5, 5.41) is 14.4. The van der Waals surface area contributed by atoms with Crippen LogP contribution in [0, 0.1) is 5.92 Å². The normalized spacial score (nSPS) is 25.6. The Balaban J connectivity index is 1.20. The van der Waals surface area contributed by atoms with Crippen LogP contribution < -0.4 is 10.1 Å². The number of carbonyl (C=O) groups is 1. The van der Waals surface area contributed by atoms with Crippen molar-refractivity contribution >= 4 is 29.3 Å². The molecule has 1 spiro atoms. The van der Waals surface area contributed by atoms with Crippen LogP contribution in [0.5, 0.6) is 5.75 Å². The molecule has 1 heterocycles. The quantitative estimate of drug-likeness (QED) is 0.284. The number of allylic oxidation sites excluding steroid dienone is 1. The van der Waals surface area contributed by atoms with E-state index in [0.717, 1.165) is 37.1 Å². The third-order valence-corrected chi connectivity index (χ3v) is 9.90. The number of hydrogen-bond donors (Lipinski definition) is 2. The van der Waals surface area contributed by atoms with E-state index in [0.29, 0.717) is 36.3 Å². The zero-order valence-corrected chi connectivity index (χ0v) is 24.7. The average molecular weight is 571 g/mol. The molecule has 0 saturated heterocycles. The van der Waals surface area contributed by atoms with E-state index in [1.54, 1.807) is 12.1 Å². The molecule has 3 aliphatic carbocycles. The van der Waals surface area contributed by atoms with Gasteiger partial charge in [-0.2, -0.15) is 0 Å².